The number of nitrogens with one attached hydrogen (secondary N) is 1. The monoisotopic (exact) mass is 306 g/mol. The van der Waals surface area contributed by atoms with Crippen LogP contribution in [0.1, 0.15) is 37.3 Å². The van der Waals surface area contributed by atoms with E-state index in [2.05, 4.69) is 41.9 Å². The summed E-state index contributed by atoms with van der Waals surface area (Å²) in [5.41, 5.74) is 1.34. The molecule has 3 atom stereocenters. The predicted octanol–water partition coefficient (Wildman–Crippen LogP) is 4.09. The molecule has 1 aromatic carbocycles. The molecule has 1 N–H and O–H groups in total. The average molecular weight is 307 g/mol. The normalized spacial score (nSPS) is 30.1. The summed E-state index contributed by atoms with van der Waals surface area (Å²) < 4.78 is 0. The van der Waals surface area contributed by atoms with Crippen LogP contribution in [-0.4, -0.2) is 28.5 Å². The number of hydrogen-bond acceptors (Lipinski definition) is 4. The molecule has 2 nitrogen and oxygen atoms in total. The number of rotatable bonds is 3. The van der Waals surface area contributed by atoms with Crippen molar-refractivity contribution in [2.24, 2.45) is 4.99 Å². The Bertz CT molecular complexity index is 461. The highest BCUT2D eigenvalue weighted by atomic mass is 32.2. The van der Waals surface area contributed by atoms with Gasteiger partial charge in [-0.3, -0.25) is 4.99 Å². The first kappa shape index (κ1) is 14.3. The van der Waals surface area contributed by atoms with Crippen LogP contribution in [0, 0.1) is 0 Å². The lowest BCUT2D eigenvalue weighted by atomic mass is 9.95. The van der Waals surface area contributed by atoms with Gasteiger partial charge in [0.05, 0.1) is 6.04 Å². The number of nitrogens with zero attached hydrogens (tertiary/aromatic N) is 1. The van der Waals surface area contributed by atoms with E-state index in [0.717, 1.165) is 16.2 Å². The van der Waals surface area contributed by atoms with Crippen molar-refractivity contribution in [3.63, 3.8) is 0 Å². The van der Waals surface area contributed by atoms with E-state index in [0.29, 0.717) is 12.1 Å². The number of benzene rings is 1. The first-order chi connectivity index (χ1) is 9.85. The molecule has 0 radical (unpaired) electrons. The van der Waals surface area contributed by atoms with Crippen molar-refractivity contribution < 1.29 is 0 Å². The maximum atomic E-state index is 4.86. The molecule has 3 unspecified atom stereocenters. The van der Waals surface area contributed by atoms with E-state index in [1.54, 1.807) is 0 Å². The van der Waals surface area contributed by atoms with Crippen LogP contribution in [-0.2, 0) is 0 Å². The Morgan fingerprint density at radius 2 is 2.10 bits per heavy atom. The SMILES string of the molecule is CSC1CCCC(NC2=NC(c3ccccc3)CS2)C1. The lowest BCUT2D eigenvalue weighted by molar-refractivity contribution is 0.424. The average Bonchev–Trinajstić information content (AvgIpc) is 2.97. The molecule has 0 saturated heterocycles. The molecule has 0 aromatic heterocycles. The van der Waals surface area contributed by atoms with Gasteiger partial charge in [0.15, 0.2) is 5.17 Å². The number of hydrogen-bond donors (Lipinski definition) is 1. The molecule has 2 aliphatic rings. The molecule has 1 heterocycles. The van der Waals surface area contributed by atoms with Crippen LogP contribution in [0.5, 0.6) is 0 Å². The second-order valence-electron chi connectivity index (χ2n) is 5.54. The van der Waals surface area contributed by atoms with Crippen LogP contribution < -0.4 is 5.32 Å². The highest BCUT2D eigenvalue weighted by Gasteiger charge is 2.25. The minimum absolute atomic E-state index is 0.337. The fourth-order valence-corrected chi connectivity index (χ4v) is 4.83. The molecule has 20 heavy (non-hydrogen) atoms. The Hall–Kier alpha value is -0.610. The van der Waals surface area contributed by atoms with E-state index in [-0.39, 0.29) is 0 Å². The summed E-state index contributed by atoms with van der Waals surface area (Å²) in [7, 11) is 0. The quantitative estimate of drug-likeness (QED) is 0.910. The highest BCUT2D eigenvalue weighted by molar-refractivity contribution is 8.14. The Morgan fingerprint density at radius 3 is 2.90 bits per heavy atom. The Balaban J connectivity index is 1.59. The summed E-state index contributed by atoms with van der Waals surface area (Å²) >= 11 is 3.90. The van der Waals surface area contributed by atoms with E-state index in [4.69, 9.17) is 4.99 Å². The summed E-state index contributed by atoms with van der Waals surface area (Å²) in [5, 5.41) is 5.67. The lowest BCUT2D eigenvalue weighted by Gasteiger charge is -2.29. The minimum Gasteiger partial charge on any atom is -0.362 e. The molecule has 108 valence electrons. The van der Waals surface area contributed by atoms with Crippen molar-refractivity contribution in [3.05, 3.63) is 35.9 Å². The van der Waals surface area contributed by atoms with E-state index >= 15 is 0 Å². The second-order valence-corrected chi connectivity index (χ2v) is 7.68. The van der Waals surface area contributed by atoms with Crippen molar-refractivity contribution >= 4 is 28.7 Å². The Morgan fingerprint density at radius 1 is 1.25 bits per heavy atom. The fraction of sp³-hybridized carbons (Fsp3) is 0.562. The molecule has 1 fully saturated rings. The summed E-state index contributed by atoms with van der Waals surface area (Å²) in [6.07, 6.45) is 7.55. The van der Waals surface area contributed by atoms with Crippen LogP contribution in [0.3, 0.4) is 0 Å². The highest BCUT2D eigenvalue weighted by Crippen LogP contribution is 2.31. The van der Waals surface area contributed by atoms with Gasteiger partial charge >= 0.3 is 0 Å². The Labute approximate surface area is 130 Å². The molecular formula is C16H22N2S2. The molecule has 0 bridgehead atoms. The molecule has 1 aromatic rings. The van der Waals surface area contributed by atoms with Crippen LogP contribution in [0.4, 0.5) is 0 Å². The third-order valence-electron chi connectivity index (χ3n) is 4.12. The molecule has 1 aliphatic carbocycles. The molecule has 0 amide bonds. The van der Waals surface area contributed by atoms with E-state index < -0.39 is 0 Å². The van der Waals surface area contributed by atoms with Crippen molar-refractivity contribution in [3.8, 4) is 0 Å². The van der Waals surface area contributed by atoms with Crippen LogP contribution in [0.15, 0.2) is 35.3 Å². The summed E-state index contributed by atoms with van der Waals surface area (Å²) in [4.78, 5) is 4.86. The van der Waals surface area contributed by atoms with Crippen molar-refractivity contribution in [2.45, 2.75) is 43.0 Å². The summed E-state index contributed by atoms with van der Waals surface area (Å²) in [5.74, 6) is 1.07. The van der Waals surface area contributed by atoms with E-state index in [9.17, 15) is 0 Å². The van der Waals surface area contributed by atoms with E-state index in [1.807, 2.05) is 23.5 Å². The zero-order valence-electron chi connectivity index (χ0n) is 11.9. The number of aliphatic imine (C=N–C) groups is 1. The van der Waals surface area contributed by atoms with Gasteiger partial charge in [-0.05, 0) is 31.1 Å². The van der Waals surface area contributed by atoms with Gasteiger partial charge in [0.25, 0.3) is 0 Å². The van der Waals surface area contributed by atoms with Gasteiger partial charge in [-0.15, -0.1) is 0 Å². The van der Waals surface area contributed by atoms with Gasteiger partial charge in [0.2, 0.25) is 0 Å². The van der Waals surface area contributed by atoms with E-state index in [1.165, 1.54) is 31.2 Å². The van der Waals surface area contributed by atoms with Crippen LogP contribution in [0.2, 0.25) is 0 Å². The van der Waals surface area contributed by atoms with Gasteiger partial charge in [-0.2, -0.15) is 11.8 Å². The smallest absolute Gasteiger partial charge is 0.157 e. The number of amidine groups is 1. The summed E-state index contributed by atoms with van der Waals surface area (Å²) in [6.45, 7) is 0. The van der Waals surface area contributed by atoms with Gasteiger partial charge in [-0.25, -0.2) is 0 Å². The second kappa shape index (κ2) is 6.90. The number of thioether (sulfide) groups is 2. The van der Waals surface area contributed by atoms with Crippen LogP contribution in [0.25, 0.3) is 0 Å². The van der Waals surface area contributed by atoms with Gasteiger partial charge in [-0.1, -0.05) is 48.5 Å². The first-order valence-electron chi connectivity index (χ1n) is 7.40. The zero-order valence-corrected chi connectivity index (χ0v) is 13.6. The van der Waals surface area contributed by atoms with Crippen molar-refractivity contribution in [1.82, 2.24) is 5.32 Å². The maximum Gasteiger partial charge on any atom is 0.157 e. The van der Waals surface area contributed by atoms with Crippen molar-refractivity contribution in [2.75, 3.05) is 12.0 Å². The molecule has 0 spiro atoms. The lowest BCUT2D eigenvalue weighted by Crippen LogP contribution is -2.37. The summed E-state index contributed by atoms with van der Waals surface area (Å²) in [6, 6.07) is 11.6. The fourth-order valence-electron chi connectivity index (χ4n) is 2.96. The minimum atomic E-state index is 0.337. The maximum absolute atomic E-state index is 4.86. The Kier molecular flexibility index (Phi) is 4.94. The van der Waals surface area contributed by atoms with Crippen LogP contribution >= 0.6 is 23.5 Å². The zero-order chi connectivity index (χ0) is 13.8. The molecule has 1 saturated carbocycles. The molecular weight excluding hydrogens is 284 g/mol. The van der Waals surface area contributed by atoms with Gasteiger partial charge in [0.1, 0.15) is 0 Å². The predicted molar refractivity (Wildman–Crippen MR) is 91.8 cm³/mol. The third kappa shape index (κ3) is 3.53. The van der Waals surface area contributed by atoms with Gasteiger partial charge < -0.3 is 5.32 Å². The van der Waals surface area contributed by atoms with Crippen molar-refractivity contribution in [1.29, 1.82) is 0 Å². The standard InChI is InChI=1S/C16H22N2S2/c1-19-14-9-5-8-13(10-14)17-16-18-15(11-20-16)12-6-3-2-4-7-12/h2-4,6-7,13-15H,5,8-11H2,1H3,(H,17,18). The van der Waals surface area contributed by atoms with Gasteiger partial charge in [0, 0.05) is 17.0 Å². The first-order valence-corrected chi connectivity index (χ1v) is 9.67. The molecule has 1 aliphatic heterocycles. The molecule has 3 rings (SSSR count). The topological polar surface area (TPSA) is 24.4 Å². The molecule has 4 heteroatoms. The third-order valence-corrected chi connectivity index (χ3v) is 6.20. The largest absolute Gasteiger partial charge is 0.362 e.